The van der Waals surface area contributed by atoms with Gasteiger partial charge in [0.1, 0.15) is 29.0 Å². The number of phenols is 1. The summed E-state index contributed by atoms with van der Waals surface area (Å²) < 4.78 is 81.2. The number of benzene rings is 10. The van der Waals surface area contributed by atoms with Crippen molar-refractivity contribution in [3.05, 3.63) is 337 Å². The van der Waals surface area contributed by atoms with E-state index in [0.717, 1.165) is 44.7 Å². The van der Waals surface area contributed by atoms with Crippen LogP contribution in [0, 0.1) is 121 Å². The molecule has 0 unspecified atom stereocenters. The van der Waals surface area contributed by atoms with Crippen LogP contribution in [0.15, 0.2) is 170 Å². The lowest BCUT2D eigenvalue weighted by molar-refractivity contribution is -0.140. The highest BCUT2D eigenvalue weighted by atomic mass is 35.5. The van der Waals surface area contributed by atoms with E-state index in [1.165, 1.54) is 118 Å². The minimum Gasteiger partial charge on any atom is -0.508 e. The highest BCUT2D eigenvalue weighted by molar-refractivity contribution is 6.32. The molecule has 0 amide bonds. The Kier molecular flexibility index (Phi) is 48.8. The second-order valence-corrected chi connectivity index (χ2v) is 34.4. The first-order valence-corrected chi connectivity index (χ1v) is 42.0. The van der Waals surface area contributed by atoms with Gasteiger partial charge in [0.15, 0.2) is 0 Å². The number of hydrogen-bond donors (Lipinski definition) is 1. The van der Waals surface area contributed by atoms with Gasteiger partial charge in [-0.1, -0.05) is 290 Å². The van der Waals surface area contributed by atoms with Gasteiger partial charge in [0.25, 0.3) is 0 Å². The summed E-state index contributed by atoms with van der Waals surface area (Å²) in [6.45, 7) is 73.9. The summed E-state index contributed by atoms with van der Waals surface area (Å²) in [6, 6.07) is 54.3. The van der Waals surface area contributed by atoms with Crippen LogP contribution in [0.1, 0.15) is 350 Å². The molecule has 10 aromatic rings. The van der Waals surface area contributed by atoms with Crippen molar-refractivity contribution < 1.29 is 36.2 Å². The number of aryl methyl sites for hydroxylation is 8. The number of aromatic hydroxyl groups is 1. The minimum atomic E-state index is -4.62. The van der Waals surface area contributed by atoms with Crippen molar-refractivity contribution >= 4 is 11.6 Å². The fraction of sp³-hybridized carbons (Fsp3) is 0.444. The summed E-state index contributed by atoms with van der Waals surface area (Å²) in [7, 11) is 1.70. The van der Waals surface area contributed by atoms with E-state index in [2.05, 4.69) is 284 Å². The lowest BCUT2D eigenvalue weighted by atomic mass is 9.95. The van der Waals surface area contributed by atoms with Crippen molar-refractivity contribution in [1.29, 1.82) is 0 Å². The number of alkyl halides is 3. The van der Waals surface area contributed by atoms with E-state index in [9.17, 15) is 26.3 Å². The third-order valence-corrected chi connectivity index (χ3v) is 21.9. The van der Waals surface area contributed by atoms with Gasteiger partial charge in [0, 0.05) is 5.02 Å². The first kappa shape index (κ1) is 109. The smallest absolute Gasteiger partial charge is 0.419 e. The van der Waals surface area contributed by atoms with Crippen molar-refractivity contribution in [3.8, 4) is 11.5 Å². The van der Waals surface area contributed by atoms with E-state index >= 15 is 0 Å². The Morgan fingerprint density at radius 3 is 0.846 bits per heavy atom. The van der Waals surface area contributed by atoms with Gasteiger partial charge in [0.2, 0.25) is 0 Å². The first-order valence-electron chi connectivity index (χ1n) is 41.6. The van der Waals surface area contributed by atoms with Crippen LogP contribution in [0.3, 0.4) is 0 Å². The summed E-state index contributed by atoms with van der Waals surface area (Å²) in [6.07, 6.45) is -4.62. The van der Waals surface area contributed by atoms with Gasteiger partial charge in [0.05, 0.1) is 12.7 Å². The van der Waals surface area contributed by atoms with E-state index in [-0.39, 0.29) is 30.5 Å². The fourth-order valence-electron chi connectivity index (χ4n) is 13.6. The maximum absolute atomic E-state index is 13.3. The number of halogens is 7. The van der Waals surface area contributed by atoms with Gasteiger partial charge >= 0.3 is 6.18 Å². The topological polar surface area (TPSA) is 29.5 Å². The van der Waals surface area contributed by atoms with Gasteiger partial charge in [-0.05, 0) is 339 Å². The quantitative estimate of drug-likeness (QED) is 0.131. The second kappa shape index (κ2) is 52.6. The van der Waals surface area contributed by atoms with Crippen LogP contribution < -0.4 is 4.74 Å². The summed E-state index contributed by atoms with van der Waals surface area (Å²) in [5, 5.41) is 10.0. The van der Waals surface area contributed by atoms with Crippen molar-refractivity contribution in [2.45, 2.75) is 315 Å². The van der Waals surface area contributed by atoms with E-state index in [1.54, 1.807) is 45.2 Å². The molecule has 0 saturated heterocycles. The highest BCUT2D eigenvalue weighted by Gasteiger charge is 2.35. The zero-order chi connectivity index (χ0) is 89.3. The fourth-order valence-corrected chi connectivity index (χ4v) is 13.9. The summed E-state index contributed by atoms with van der Waals surface area (Å²) in [4.78, 5) is 0. The standard InChI is InChI=1S/2C11H15F.C11H16O.4C11H16.C10H13Cl.C10H10F4.C10H14O.CH4/c2*1-7(2)10-5-6-11(12)9(4)8(10)3;1-8(2)11-6-5-10(12-4)7-9(11)3;1-8(2)11-6-5-9(3)7-10(11)4;3*1-8(2)11-7-5-6-9(3)10(11)4;1-7(2)9-6-4-5-8(3)10(9)11;1-6(2)7-4-3-5-8(9(7)11)10(12,13)14;1-7(2)10-5-4-9(11)6-8(10)3;/h2*5-7H,1-4H3;5-8H,1-4H3;4*5-8H,1-4H3;4-7H,1-3H3;3-6H,1-2H3;4-7,11H,1-3H3;1H4. The Bertz CT molecular complexity index is 4260. The zero-order valence-electron chi connectivity index (χ0n) is 77.9. The van der Waals surface area contributed by atoms with E-state index in [1.807, 2.05) is 71.9 Å². The number of rotatable bonds is 11. The van der Waals surface area contributed by atoms with E-state index < -0.39 is 17.6 Å². The molecule has 0 bridgehead atoms. The number of hydrogen-bond acceptors (Lipinski definition) is 2. The molecule has 0 radical (unpaired) electrons. The molecule has 0 spiro atoms. The van der Waals surface area contributed by atoms with Gasteiger partial charge in [-0.2, -0.15) is 13.2 Å². The van der Waals surface area contributed by atoms with Crippen molar-refractivity contribution in [1.82, 2.24) is 0 Å². The molecule has 10 aromatic carbocycles. The third kappa shape index (κ3) is 36.0. The molecule has 0 aromatic heterocycles. The van der Waals surface area contributed by atoms with Crippen LogP contribution in [0.5, 0.6) is 11.5 Å². The second-order valence-electron chi connectivity index (χ2n) is 34.0. The molecule has 9 heteroatoms. The molecule has 0 fully saturated rings. The molecule has 117 heavy (non-hydrogen) atoms. The van der Waals surface area contributed by atoms with Gasteiger partial charge in [-0.25, -0.2) is 13.2 Å². The van der Waals surface area contributed by atoms with E-state index in [4.69, 9.17) is 21.4 Å². The normalized spacial score (nSPS) is 10.7. The maximum Gasteiger partial charge on any atom is 0.419 e. The molecular formula is C108H151ClF6O2. The molecule has 0 saturated carbocycles. The van der Waals surface area contributed by atoms with Gasteiger partial charge in [-0.3, -0.25) is 0 Å². The first-order chi connectivity index (χ1) is 53.8. The Morgan fingerprint density at radius 1 is 0.282 bits per heavy atom. The van der Waals surface area contributed by atoms with Crippen LogP contribution in [-0.4, -0.2) is 12.2 Å². The van der Waals surface area contributed by atoms with Crippen molar-refractivity contribution in [2.24, 2.45) is 0 Å². The molecule has 0 aliphatic rings. The van der Waals surface area contributed by atoms with Crippen LogP contribution >= 0.6 is 11.6 Å². The Morgan fingerprint density at radius 2 is 0.556 bits per heavy atom. The summed E-state index contributed by atoms with van der Waals surface area (Å²) >= 11 is 6.09. The van der Waals surface area contributed by atoms with Crippen LogP contribution in [-0.2, 0) is 6.18 Å². The molecule has 1 N–H and O–H groups in total. The zero-order valence-corrected chi connectivity index (χ0v) is 78.7. The lowest BCUT2D eigenvalue weighted by Crippen LogP contribution is -2.10. The predicted molar refractivity (Wildman–Crippen MR) is 501 cm³/mol. The molecule has 0 aliphatic heterocycles. The van der Waals surface area contributed by atoms with Crippen LogP contribution in [0.2, 0.25) is 5.02 Å². The lowest BCUT2D eigenvalue weighted by Gasteiger charge is -2.12. The number of methoxy groups -OCH3 is 1. The summed E-state index contributed by atoms with van der Waals surface area (Å²) in [5.74, 6) is 4.88. The molecule has 0 atom stereocenters. The maximum atomic E-state index is 13.3. The van der Waals surface area contributed by atoms with Crippen LogP contribution in [0.25, 0.3) is 0 Å². The number of phenolic OH excluding ortho intramolecular Hbond substituents is 1. The third-order valence-electron chi connectivity index (χ3n) is 21.4. The molecular weight excluding hydrogens is 1480 g/mol. The Balaban J connectivity index is 0.00000128. The molecule has 644 valence electrons. The molecule has 10 rings (SSSR count). The molecule has 0 heterocycles. The van der Waals surface area contributed by atoms with Crippen LogP contribution in [0.4, 0.5) is 26.3 Å². The minimum absolute atomic E-state index is 0. The monoisotopic (exact) mass is 1630 g/mol. The van der Waals surface area contributed by atoms with Crippen molar-refractivity contribution in [3.63, 3.8) is 0 Å². The largest absolute Gasteiger partial charge is 0.508 e. The summed E-state index contributed by atoms with van der Waals surface area (Å²) in [5.41, 5.74) is 29.9. The number of ether oxygens (including phenoxy) is 1. The highest BCUT2D eigenvalue weighted by Crippen LogP contribution is 2.35. The van der Waals surface area contributed by atoms with Crippen molar-refractivity contribution in [2.75, 3.05) is 7.11 Å². The van der Waals surface area contributed by atoms with Gasteiger partial charge < -0.3 is 9.84 Å². The van der Waals surface area contributed by atoms with E-state index in [0.29, 0.717) is 59.0 Å². The average Bonchev–Trinajstić information content (AvgIpc) is 0.822. The SMILES string of the molecule is C.CC(C)c1cccc(C(F)(F)F)c1F.COc1ccc(C(C)C)c(C)c1.Cc1c(F)ccc(C(C)C)c1C.Cc1c(F)ccc(C(C)C)c1C.Cc1cc(O)ccc1C(C)C.Cc1ccc(C(C)C)c(C)c1.Cc1cccc(C(C)C)c1C.Cc1cccc(C(C)C)c1C.Cc1cccc(C(C)C)c1C.Cc1cccc(C(C)C)c1Cl. The molecule has 0 aliphatic carbocycles. The van der Waals surface area contributed by atoms with Gasteiger partial charge in [-0.15, -0.1) is 0 Å². The molecule has 2 nitrogen and oxygen atoms in total. The predicted octanol–water partition coefficient (Wildman–Crippen LogP) is 35.2. The average molecular weight is 1630 g/mol. The Hall–Kier alpha value is -8.33. The Labute approximate surface area is 714 Å².